The van der Waals surface area contributed by atoms with Crippen LogP contribution >= 0.6 is 46.3 Å². The molecule has 0 N–H and O–H groups in total. The van der Waals surface area contributed by atoms with E-state index < -0.39 is 0 Å². The lowest BCUT2D eigenvalue weighted by atomic mass is 10.2. The summed E-state index contributed by atoms with van der Waals surface area (Å²) < 4.78 is 13.9. The second kappa shape index (κ2) is 8.13. The van der Waals surface area contributed by atoms with E-state index in [0.29, 0.717) is 31.8 Å². The van der Waals surface area contributed by atoms with Crippen molar-refractivity contribution < 1.29 is 4.39 Å². The Morgan fingerprint density at radius 3 is 2.29 bits per heavy atom. The fourth-order valence-electron chi connectivity index (χ4n) is 2.38. The van der Waals surface area contributed by atoms with Gasteiger partial charge in [-0.05, 0) is 54.6 Å². The van der Waals surface area contributed by atoms with Crippen LogP contribution in [0.15, 0.2) is 45.8 Å². The van der Waals surface area contributed by atoms with E-state index in [0.717, 1.165) is 14.9 Å². The first-order valence-electron chi connectivity index (χ1n) is 8.06. The molecule has 0 saturated carbocycles. The molecule has 0 radical (unpaired) electrons. The van der Waals surface area contributed by atoms with Gasteiger partial charge in [-0.2, -0.15) is 0 Å². The van der Waals surface area contributed by atoms with Gasteiger partial charge in [0.05, 0.1) is 26.8 Å². The number of fused-ring (bicyclic) bond motifs is 1. The molecule has 140 valence electrons. The SMILES string of the molecule is Cc1nnc(Sc2nc3cc(Cl)c(Cl)cc3nc2C=Cc2ccc(F)cc2)s1. The number of nitrogens with zero attached hydrogens (tertiary/aromatic N) is 4. The van der Waals surface area contributed by atoms with Crippen molar-refractivity contribution in [1.82, 2.24) is 20.2 Å². The van der Waals surface area contributed by atoms with Crippen molar-refractivity contribution in [2.75, 3.05) is 0 Å². The zero-order valence-electron chi connectivity index (χ0n) is 14.4. The average molecular weight is 449 g/mol. The summed E-state index contributed by atoms with van der Waals surface area (Å²) >= 11 is 15.1. The zero-order valence-corrected chi connectivity index (χ0v) is 17.5. The van der Waals surface area contributed by atoms with Crippen molar-refractivity contribution in [3.63, 3.8) is 0 Å². The summed E-state index contributed by atoms with van der Waals surface area (Å²) in [6.45, 7) is 1.89. The number of hydrogen-bond donors (Lipinski definition) is 0. The second-order valence-corrected chi connectivity index (χ2v) is 8.97. The van der Waals surface area contributed by atoms with Crippen LogP contribution in [0.3, 0.4) is 0 Å². The van der Waals surface area contributed by atoms with E-state index in [2.05, 4.69) is 15.2 Å². The number of halogens is 3. The highest BCUT2D eigenvalue weighted by atomic mass is 35.5. The van der Waals surface area contributed by atoms with Crippen molar-refractivity contribution in [3.05, 3.63) is 68.5 Å². The van der Waals surface area contributed by atoms with Gasteiger partial charge < -0.3 is 0 Å². The van der Waals surface area contributed by atoms with Crippen molar-refractivity contribution in [1.29, 1.82) is 0 Å². The topological polar surface area (TPSA) is 51.6 Å². The average Bonchev–Trinajstić information content (AvgIpc) is 3.07. The summed E-state index contributed by atoms with van der Waals surface area (Å²) in [5.41, 5.74) is 2.76. The predicted molar refractivity (Wildman–Crippen MR) is 114 cm³/mol. The van der Waals surface area contributed by atoms with Crippen LogP contribution in [0.2, 0.25) is 10.0 Å². The monoisotopic (exact) mass is 448 g/mol. The van der Waals surface area contributed by atoms with Crippen LogP contribution in [-0.2, 0) is 0 Å². The molecule has 2 heterocycles. The Balaban J connectivity index is 1.79. The zero-order chi connectivity index (χ0) is 19.7. The molecule has 28 heavy (non-hydrogen) atoms. The molecule has 0 aliphatic carbocycles. The van der Waals surface area contributed by atoms with Crippen LogP contribution < -0.4 is 0 Å². The summed E-state index contributed by atoms with van der Waals surface area (Å²) in [5, 5.41) is 10.6. The molecule has 4 rings (SSSR count). The summed E-state index contributed by atoms with van der Waals surface area (Å²) in [4.78, 5) is 9.37. The molecular weight excluding hydrogens is 438 g/mol. The summed E-state index contributed by atoms with van der Waals surface area (Å²) in [6, 6.07) is 9.58. The molecular formula is C19H11Cl2FN4S2. The number of benzene rings is 2. The molecule has 0 bridgehead atoms. The highest BCUT2D eigenvalue weighted by Crippen LogP contribution is 2.34. The summed E-state index contributed by atoms with van der Waals surface area (Å²) in [6.07, 6.45) is 3.68. The maximum atomic E-state index is 13.1. The Morgan fingerprint density at radius 1 is 0.964 bits per heavy atom. The summed E-state index contributed by atoms with van der Waals surface area (Å²) in [5.74, 6) is -0.281. The molecule has 0 fully saturated rings. The number of aryl methyl sites for hydroxylation is 1. The van der Waals surface area contributed by atoms with Crippen LogP contribution in [0.1, 0.15) is 16.3 Å². The van der Waals surface area contributed by atoms with Crippen LogP contribution in [0.4, 0.5) is 4.39 Å². The Morgan fingerprint density at radius 2 is 1.64 bits per heavy atom. The van der Waals surface area contributed by atoms with Gasteiger partial charge >= 0.3 is 0 Å². The minimum atomic E-state index is -0.281. The van der Waals surface area contributed by atoms with E-state index in [1.165, 1.54) is 35.2 Å². The molecule has 0 unspecified atom stereocenters. The molecule has 0 aliphatic heterocycles. The Labute approximate surface area is 178 Å². The largest absolute Gasteiger partial charge is 0.244 e. The molecule has 0 amide bonds. The quantitative estimate of drug-likeness (QED) is 0.353. The fraction of sp³-hybridized carbons (Fsp3) is 0.0526. The lowest BCUT2D eigenvalue weighted by Crippen LogP contribution is -1.93. The van der Waals surface area contributed by atoms with Gasteiger partial charge in [0.25, 0.3) is 0 Å². The second-order valence-electron chi connectivity index (χ2n) is 5.74. The third-order valence-electron chi connectivity index (χ3n) is 3.69. The molecule has 0 spiro atoms. The van der Waals surface area contributed by atoms with E-state index in [1.807, 2.05) is 19.1 Å². The smallest absolute Gasteiger partial charge is 0.180 e. The third kappa shape index (κ3) is 4.33. The van der Waals surface area contributed by atoms with Gasteiger partial charge in [-0.3, -0.25) is 0 Å². The van der Waals surface area contributed by atoms with E-state index >= 15 is 0 Å². The lowest BCUT2D eigenvalue weighted by molar-refractivity contribution is 0.628. The highest BCUT2D eigenvalue weighted by Gasteiger charge is 2.13. The Bertz CT molecular complexity index is 1190. The van der Waals surface area contributed by atoms with Gasteiger partial charge in [0, 0.05) is 0 Å². The maximum Gasteiger partial charge on any atom is 0.180 e. The molecule has 0 aliphatic rings. The first-order valence-corrected chi connectivity index (χ1v) is 10.5. The highest BCUT2D eigenvalue weighted by molar-refractivity contribution is 8.01. The minimum Gasteiger partial charge on any atom is -0.244 e. The van der Waals surface area contributed by atoms with Gasteiger partial charge in [-0.25, -0.2) is 14.4 Å². The predicted octanol–water partition coefficient (Wildman–Crippen LogP) is 6.56. The number of rotatable bonds is 4. The Kier molecular flexibility index (Phi) is 5.59. The minimum absolute atomic E-state index is 0.281. The molecule has 0 saturated heterocycles. The Hall–Kier alpha value is -2.06. The van der Waals surface area contributed by atoms with Crippen LogP contribution in [-0.4, -0.2) is 20.2 Å². The van der Waals surface area contributed by atoms with Crippen LogP contribution in [0, 0.1) is 12.7 Å². The first-order chi connectivity index (χ1) is 13.5. The third-order valence-corrected chi connectivity index (χ3v) is 6.30. The number of aromatic nitrogens is 4. The summed E-state index contributed by atoms with van der Waals surface area (Å²) in [7, 11) is 0. The van der Waals surface area contributed by atoms with E-state index in [1.54, 1.807) is 24.3 Å². The van der Waals surface area contributed by atoms with E-state index in [9.17, 15) is 4.39 Å². The number of hydrogen-bond acceptors (Lipinski definition) is 6. The van der Waals surface area contributed by atoms with E-state index in [-0.39, 0.29) is 5.82 Å². The molecule has 2 aromatic heterocycles. The van der Waals surface area contributed by atoms with Gasteiger partial charge in [0.15, 0.2) is 4.34 Å². The molecule has 0 atom stereocenters. The van der Waals surface area contributed by atoms with Gasteiger partial charge in [-0.15, -0.1) is 10.2 Å². The van der Waals surface area contributed by atoms with Gasteiger partial charge in [0.2, 0.25) is 0 Å². The van der Waals surface area contributed by atoms with Gasteiger partial charge in [0.1, 0.15) is 15.9 Å². The standard InChI is InChI=1S/C19H11Cl2FN4S2/c1-10-25-26-19(27-10)28-18-15(7-4-11-2-5-12(22)6-3-11)23-16-8-13(20)14(21)9-17(16)24-18/h2-9H,1H3. The van der Waals surface area contributed by atoms with Crippen LogP contribution in [0.5, 0.6) is 0 Å². The van der Waals surface area contributed by atoms with Crippen molar-refractivity contribution >= 4 is 69.5 Å². The van der Waals surface area contributed by atoms with Crippen molar-refractivity contribution in [3.8, 4) is 0 Å². The molecule has 4 aromatic rings. The van der Waals surface area contributed by atoms with Crippen molar-refractivity contribution in [2.24, 2.45) is 0 Å². The first kappa shape index (κ1) is 19.3. The van der Waals surface area contributed by atoms with E-state index in [4.69, 9.17) is 28.2 Å². The normalized spacial score (nSPS) is 11.6. The molecule has 9 heteroatoms. The maximum absolute atomic E-state index is 13.1. The lowest BCUT2D eigenvalue weighted by Gasteiger charge is -2.06. The fourth-order valence-corrected chi connectivity index (χ4v) is 4.49. The van der Waals surface area contributed by atoms with Crippen LogP contribution in [0.25, 0.3) is 23.2 Å². The van der Waals surface area contributed by atoms with Gasteiger partial charge in [-0.1, -0.05) is 52.7 Å². The molecule has 4 nitrogen and oxygen atoms in total. The van der Waals surface area contributed by atoms with Crippen molar-refractivity contribution in [2.45, 2.75) is 16.3 Å². The molecule has 2 aromatic carbocycles.